The zero-order chi connectivity index (χ0) is 8.27. The van der Waals surface area contributed by atoms with Crippen LogP contribution in [0.15, 0.2) is 18.5 Å². The summed E-state index contributed by atoms with van der Waals surface area (Å²) in [7, 11) is 0. The van der Waals surface area contributed by atoms with Crippen molar-refractivity contribution < 1.29 is 0 Å². The topological polar surface area (TPSA) is 51.8 Å². The van der Waals surface area contributed by atoms with E-state index in [-0.39, 0.29) is 0 Å². The van der Waals surface area contributed by atoms with E-state index in [1.807, 2.05) is 19.9 Å². The van der Waals surface area contributed by atoms with Gasteiger partial charge in [0.05, 0.1) is 0 Å². The van der Waals surface area contributed by atoms with Crippen molar-refractivity contribution in [2.24, 2.45) is 0 Å². The Balaban J connectivity index is 2.99. The van der Waals surface area contributed by atoms with E-state index in [2.05, 4.69) is 9.97 Å². The van der Waals surface area contributed by atoms with Crippen LogP contribution in [-0.2, 0) is 0 Å². The van der Waals surface area contributed by atoms with Crippen molar-refractivity contribution in [3.05, 3.63) is 24.0 Å². The Labute approximate surface area is 66.0 Å². The molecule has 1 rings (SSSR count). The summed E-state index contributed by atoms with van der Waals surface area (Å²) in [4.78, 5) is 7.75. The lowest BCUT2D eigenvalue weighted by atomic mass is 10.1. The molecule has 0 atom stereocenters. The van der Waals surface area contributed by atoms with Crippen molar-refractivity contribution in [3.8, 4) is 0 Å². The van der Waals surface area contributed by atoms with E-state index in [9.17, 15) is 0 Å². The Bertz CT molecular complexity index is 261. The molecule has 1 aromatic heterocycles. The standard InChI is InChI=1S/C8H11N3/c1-3-6(2)7-4-10-8(9)11-5-7/h3-5H,1-2H3,(H2,9,10,11). The third kappa shape index (κ3) is 1.77. The summed E-state index contributed by atoms with van der Waals surface area (Å²) in [6.07, 6.45) is 5.45. The van der Waals surface area contributed by atoms with Gasteiger partial charge < -0.3 is 5.73 Å². The van der Waals surface area contributed by atoms with Crippen LogP contribution in [0.25, 0.3) is 5.57 Å². The smallest absolute Gasteiger partial charge is 0.219 e. The molecule has 0 bridgehead atoms. The molecule has 1 aromatic rings. The fourth-order valence-corrected chi connectivity index (χ4v) is 0.708. The molecule has 0 spiro atoms. The number of nitrogens with zero attached hydrogens (tertiary/aromatic N) is 2. The highest BCUT2D eigenvalue weighted by Crippen LogP contribution is 2.10. The molecular formula is C8H11N3. The molecule has 0 aliphatic carbocycles. The van der Waals surface area contributed by atoms with Crippen LogP contribution in [0.1, 0.15) is 19.4 Å². The quantitative estimate of drug-likeness (QED) is 0.658. The van der Waals surface area contributed by atoms with Gasteiger partial charge in [-0.1, -0.05) is 6.08 Å². The van der Waals surface area contributed by atoms with Crippen molar-refractivity contribution in [2.45, 2.75) is 13.8 Å². The molecule has 0 aliphatic heterocycles. The first-order valence-corrected chi connectivity index (χ1v) is 3.45. The predicted octanol–water partition coefficient (Wildman–Crippen LogP) is 1.48. The molecule has 0 saturated heterocycles. The van der Waals surface area contributed by atoms with Crippen LogP contribution < -0.4 is 5.73 Å². The fraction of sp³-hybridized carbons (Fsp3) is 0.250. The molecule has 1 heterocycles. The van der Waals surface area contributed by atoms with Gasteiger partial charge in [0.1, 0.15) is 0 Å². The third-order valence-electron chi connectivity index (χ3n) is 1.56. The van der Waals surface area contributed by atoms with Crippen LogP contribution in [-0.4, -0.2) is 9.97 Å². The monoisotopic (exact) mass is 149 g/mol. The average molecular weight is 149 g/mol. The van der Waals surface area contributed by atoms with Gasteiger partial charge in [-0.2, -0.15) is 0 Å². The summed E-state index contributed by atoms with van der Waals surface area (Å²) in [5.41, 5.74) is 7.50. The summed E-state index contributed by atoms with van der Waals surface area (Å²) in [5.74, 6) is 0.317. The van der Waals surface area contributed by atoms with E-state index in [1.54, 1.807) is 12.4 Å². The number of anilines is 1. The number of nitrogens with two attached hydrogens (primary N) is 1. The fourth-order valence-electron chi connectivity index (χ4n) is 0.708. The molecule has 2 N–H and O–H groups in total. The van der Waals surface area contributed by atoms with Crippen LogP contribution >= 0.6 is 0 Å². The van der Waals surface area contributed by atoms with Crippen molar-refractivity contribution >= 4 is 11.5 Å². The van der Waals surface area contributed by atoms with Gasteiger partial charge in [-0.05, 0) is 19.4 Å². The second-order valence-electron chi connectivity index (χ2n) is 2.30. The molecule has 3 heteroatoms. The van der Waals surface area contributed by atoms with Crippen LogP contribution in [0.4, 0.5) is 5.95 Å². The lowest BCUT2D eigenvalue weighted by Gasteiger charge is -1.98. The second-order valence-corrected chi connectivity index (χ2v) is 2.30. The molecule has 0 aliphatic rings. The SMILES string of the molecule is CC=C(C)c1cnc(N)nc1. The normalized spacial score (nSPS) is 11.6. The maximum Gasteiger partial charge on any atom is 0.219 e. The van der Waals surface area contributed by atoms with E-state index in [4.69, 9.17) is 5.73 Å². The van der Waals surface area contributed by atoms with Gasteiger partial charge >= 0.3 is 0 Å². The molecule has 0 fully saturated rings. The van der Waals surface area contributed by atoms with Crippen molar-refractivity contribution in [2.75, 3.05) is 5.73 Å². The van der Waals surface area contributed by atoms with Crippen molar-refractivity contribution in [1.29, 1.82) is 0 Å². The van der Waals surface area contributed by atoms with Gasteiger partial charge in [0.15, 0.2) is 0 Å². The lowest BCUT2D eigenvalue weighted by Crippen LogP contribution is -1.94. The van der Waals surface area contributed by atoms with Crippen LogP contribution in [0, 0.1) is 0 Å². The van der Waals surface area contributed by atoms with Crippen molar-refractivity contribution in [1.82, 2.24) is 9.97 Å². The van der Waals surface area contributed by atoms with Crippen LogP contribution in [0.3, 0.4) is 0 Å². The van der Waals surface area contributed by atoms with Crippen LogP contribution in [0.2, 0.25) is 0 Å². The Hall–Kier alpha value is -1.38. The molecule has 58 valence electrons. The molecule has 0 radical (unpaired) electrons. The lowest BCUT2D eigenvalue weighted by molar-refractivity contribution is 1.17. The summed E-state index contributed by atoms with van der Waals surface area (Å²) in [5, 5.41) is 0. The Morgan fingerprint density at radius 3 is 2.45 bits per heavy atom. The first kappa shape index (κ1) is 7.72. The van der Waals surface area contributed by atoms with E-state index in [0.717, 1.165) is 11.1 Å². The summed E-state index contributed by atoms with van der Waals surface area (Å²) < 4.78 is 0. The molecule has 0 saturated carbocycles. The number of rotatable bonds is 1. The number of aromatic nitrogens is 2. The predicted molar refractivity (Wildman–Crippen MR) is 45.8 cm³/mol. The number of hydrogen-bond donors (Lipinski definition) is 1. The Morgan fingerprint density at radius 1 is 1.45 bits per heavy atom. The summed E-state index contributed by atoms with van der Waals surface area (Å²) in [6, 6.07) is 0. The molecule has 11 heavy (non-hydrogen) atoms. The first-order chi connectivity index (χ1) is 5.24. The molecule has 0 aromatic carbocycles. The maximum atomic E-state index is 5.33. The minimum Gasteiger partial charge on any atom is -0.368 e. The molecular weight excluding hydrogens is 138 g/mol. The third-order valence-corrected chi connectivity index (χ3v) is 1.56. The number of nitrogen functional groups attached to an aromatic ring is 1. The van der Waals surface area contributed by atoms with Crippen LogP contribution in [0.5, 0.6) is 0 Å². The maximum absolute atomic E-state index is 5.33. The summed E-state index contributed by atoms with van der Waals surface area (Å²) in [6.45, 7) is 3.99. The van der Waals surface area contributed by atoms with Gasteiger partial charge in [0.25, 0.3) is 0 Å². The molecule has 3 nitrogen and oxygen atoms in total. The van der Waals surface area contributed by atoms with Gasteiger partial charge in [0.2, 0.25) is 5.95 Å². The average Bonchev–Trinajstić information content (AvgIpc) is 2.05. The largest absolute Gasteiger partial charge is 0.368 e. The van der Waals surface area contributed by atoms with E-state index >= 15 is 0 Å². The van der Waals surface area contributed by atoms with Crippen molar-refractivity contribution in [3.63, 3.8) is 0 Å². The Kier molecular flexibility index (Phi) is 2.21. The highest BCUT2D eigenvalue weighted by molar-refractivity contribution is 5.61. The van der Waals surface area contributed by atoms with E-state index in [0.29, 0.717) is 5.95 Å². The minimum absolute atomic E-state index is 0.317. The zero-order valence-electron chi connectivity index (χ0n) is 6.70. The Morgan fingerprint density at radius 2 is 2.00 bits per heavy atom. The highest BCUT2D eigenvalue weighted by Gasteiger charge is 1.94. The van der Waals surface area contributed by atoms with Gasteiger partial charge in [0, 0.05) is 18.0 Å². The number of hydrogen-bond acceptors (Lipinski definition) is 3. The number of allylic oxidation sites excluding steroid dienone is 2. The molecule has 0 unspecified atom stereocenters. The summed E-state index contributed by atoms with van der Waals surface area (Å²) >= 11 is 0. The highest BCUT2D eigenvalue weighted by atomic mass is 15.0. The van der Waals surface area contributed by atoms with E-state index < -0.39 is 0 Å². The second kappa shape index (κ2) is 3.14. The van der Waals surface area contributed by atoms with E-state index in [1.165, 1.54) is 0 Å². The minimum atomic E-state index is 0.317. The van der Waals surface area contributed by atoms with Gasteiger partial charge in [-0.3, -0.25) is 0 Å². The van der Waals surface area contributed by atoms with Gasteiger partial charge in [-0.25, -0.2) is 9.97 Å². The molecule has 0 amide bonds. The van der Waals surface area contributed by atoms with Gasteiger partial charge in [-0.15, -0.1) is 0 Å². The zero-order valence-corrected chi connectivity index (χ0v) is 6.70. The first-order valence-electron chi connectivity index (χ1n) is 3.45.